The maximum Gasteiger partial charge on any atom is 0.303 e. The third-order valence-electron chi connectivity index (χ3n) is 6.04. The Balaban J connectivity index is 1.88. The number of H-pyrrole nitrogens is 1. The van der Waals surface area contributed by atoms with E-state index in [0.717, 1.165) is 38.8 Å². The number of nitrogens with one attached hydrogen (secondary N) is 1. The van der Waals surface area contributed by atoms with Crippen molar-refractivity contribution in [3.8, 4) is 0 Å². The van der Waals surface area contributed by atoms with E-state index in [-0.39, 0.29) is 17.9 Å². The molecule has 23 heavy (non-hydrogen) atoms. The minimum Gasteiger partial charge on any atom is -0.481 e. The van der Waals surface area contributed by atoms with Crippen LogP contribution in [-0.2, 0) is 11.2 Å². The Morgan fingerprint density at radius 2 is 2.22 bits per heavy atom. The lowest BCUT2D eigenvalue weighted by Gasteiger charge is -2.51. The molecule has 0 amide bonds. The molecule has 2 N–H and O–H groups in total. The summed E-state index contributed by atoms with van der Waals surface area (Å²) in [5.41, 5.74) is 3.72. The number of aromatic nitrogens is 1. The smallest absolute Gasteiger partial charge is 0.303 e. The average Bonchev–Trinajstić information content (AvgIpc) is 2.92. The third-order valence-corrected chi connectivity index (χ3v) is 6.04. The van der Waals surface area contributed by atoms with Gasteiger partial charge in [0.1, 0.15) is 0 Å². The topological polar surface area (TPSA) is 56.3 Å². The molecule has 0 saturated carbocycles. The van der Waals surface area contributed by atoms with Crippen LogP contribution < -0.4 is 0 Å². The zero-order valence-corrected chi connectivity index (χ0v) is 13.6. The van der Waals surface area contributed by atoms with Gasteiger partial charge in [0.25, 0.3) is 0 Å². The van der Waals surface area contributed by atoms with Gasteiger partial charge in [0.05, 0.1) is 12.5 Å². The highest BCUT2D eigenvalue weighted by Gasteiger charge is 2.48. The molecule has 1 saturated heterocycles. The molecule has 0 radical (unpaired) electrons. The molecule has 2 aliphatic rings. The van der Waals surface area contributed by atoms with Crippen molar-refractivity contribution in [2.45, 2.75) is 45.1 Å². The molecule has 1 fully saturated rings. The molecular weight excluding hydrogens is 288 g/mol. The molecule has 4 rings (SSSR count). The molecule has 0 spiro atoms. The van der Waals surface area contributed by atoms with E-state index in [1.807, 2.05) is 0 Å². The van der Waals surface area contributed by atoms with E-state index in [2.05, 4.69) is 41.1 Å². The molecule has 1 unspecified atom stereocenters. The van der Waals surface area contributed by atoms with E-state index in [1.54, 1.807) is 0 Å². The number of carboxylic acids is 1. The molecular formula is C19H24N2O2. The van der Waals surface area contributed by atoms with Crippen LogP contribution in [0.3, 0.4) is 0 Å². The summed E-state index contributed by atoms with van der Waals surface area (Å²) in [6.07, 6.45) is 4.34. The van der Waals surface area contributed by atoms with Crippen molar-refractivity contribution >= 4 is 16.9 Å². The minimum atomic E-state index is -0.670. The van der Waals surface area contributed by atoms with E-state index in [0.29, 0.717) is 0 Å². The highest BCUT2D eigenvalue weighted by Crippen LogP contribution is 2.53. The van der Waals surface area contributed by atoms with Gasteiger partial charge in [0, 0.05) is 28.6 Å². The third kappa shape index (κ3) is 2.19. The summed E-state index contributed by atoms with van der Waals surface area (Å²) in [7, 11) is 0. The van der Waals surface area contributed by atoms with Crippen molar-refractivity contribution in [1.29, 1.82) is 0 Å². The standard InChI is InChI=1S/C19H24N2O2/c1-2-19(12-16(22)23)9-5-10-21-11-8-14-13-6-3-4-7-15(13)20-17(14)18(19)21/h3-4,6-7,18,20H,2,5,8-12H2,1H3,(H,22,23)/t18?,19-/m1/s1. The van der Waals surface area contributed by atoms with E-state index in [1.165, 1.54) is 22.2 Å². The number of benzene rings is 1. The second-order valence-electron chi connectivity index (χ2n) is 7.14. The van der Waals surface area contributed by atoms with Crippen molar-refractivity contribution in [1.82, 2.24) is 9.88 Å². The van der Waals surface area contributed by atoms with Crippen LogP contribution in [-0.4, -0.2) is 34.0 Å². The van der Waals surface area contributed by atoms with Gasteiger partial charge < -0.3 is 10.1 Å². The number of hydrogen-bond acceptors (Lipinski definition) is 2. The summed E-state index contributed by atoms with van der Waals surface area (Å²) < 4.78 is 0. The fraction of sp³-hybridized carbons (Fsp3) is 0.526. The van der Waals surface area contributed by atoms with E-state index >= 15 is 0 Å². The van der Waals surface area contributed by atoms with Crippen LogP contribution in [0.5, 0.6) is 0 Å². The first-order valence-corrected chi connectivity index (χ1v) is 8.70. The Hall–Kier alpha value is -1.81. The minimum absolute atomic E-state index is 0.153. The number of rotatable bonds is 3. The summed E-state index contributed by atoms with van der Waals surface area (Å²) in [4.78, 5) is 17.7. The number of piperidine rings is 1. The zero-order valence-electron chi connectivity index (χ0n) is 13.6. The van der Waals surface area contributed by atoms with Gasteiger partial charge in [-0.05, 0) is 43.9 Å². The van der Waals surface area contributed by atoms with Crippen LogP contribution >= 0.6 is 0 Å². The molecule has 4 heteroatoms. The van der Waals surface area contributed by atoms with Gasteiger partial charge in [0.15, 0.2) is 0 Å². The normalized spacial score (nSPS) is 27.6. The number of aliphatic carboxylic acids is 1. The molecule has 2 aliphatic heterocycles. The van der Waals surface area contributed by atoms with Crippen molar-refractivity contribution in [3.05, 3.63) is 35.5 Å². The van der Waals surface area contributed by atoms with Crippen molar-refractivity contribution in [3.63, 3.8) is 0 Å². The van der Waals surface area contributed by atoms with Crippen LogP contribution in [0.1, 0.15) is 49.9 Å². The lowest BCUT2D eigenvalue weighted by Crippen LogP contribution is -2.50. The molecule has 122 valence electrons. The van der Waals surface area contributed by atoms with Crippen LogP contribution in [0.2, 0.25) is 0 Å². The number of para-hydroxylation sites is 1. The number of fused-ring (bicyclic) bond motifs is 5. The second kappa shape index (κ2) is 5.38. The first-order valence-electron chi connectivity index (χ1n) is 8.70. The van der Waals surface area contributed by atoms with E-state index < -0.39 is 5.97 Å². The molecule has 4 nitrogen and oxygen atoms in total. The Labute approximate surface area is 136 Å². The quantitative estimate of drug-likeness (QED) is 0.908. The number of nitrogens with zero attached hydrogens (tertiary/aromatic N) is 1. The van der Waals surface area contributed by atoms with E-state index in [4.69, 9.17) is 0 Å². The maximum atomic E-state index is 11.6. The molecule has 1 aromatic carbocycles. The summed E-state index contributed by atoms with van der Waals surface area (Å²) in [6.45, 7) is 4.28. The Morgan fingerprint density at radius 1 is 1.39 bits per heavy atom. The number of carboxylic acid groups (broad SMARTS) is 1. The van der Waals surface area contributed by atoms with Gasteiger partial charge in [-0.25, -0.2) is 0 Å². The highest BCUT2D eigenvalue weighted by atomic mass is 16.4. The van der Waals surface area contributed by atoms with Crippen LogP contribution in [0.4, 0.5) is 0 Å². The highest BCUT2D eigenvalue weighted by molar-refractivity contribution is 5.85. The Morgan fingerprint density at radius 3 is 3.00 bits per heavy atom. The van der Waals surface area contributed by atoms with Crippen molar-refractivity contribution in [2.75, 3.05) is 13.1 Å². The predicted molar refractivity (Wildman–Crippen MR) is 90.5 cm³/mol. The fourth-order valence-corrected chi connectivity index (χ4v) is 4.98. The van der Waals surface area contributed by atoms with Gasteiger partial charge in [-0.3, -0.25) is 9.69 Å². The molecule has 2 aromatic rings. The van der Waals surface area contributed by atoms with Crippen molar-refractivity contribution < 1.29 is 9.90 Å². The molecule has 3 heterocycles. The number of hydrogen-bond donors (Lipinski definition) is 2. The summed E-state index contributed by atoms with van der Waals surface area (Å²) in [6, 6.07) is 8.69. The molecule has 0 bridgehead atoms. The van der Waals surface area contributed by atoms with Gasteiger partial charge in [-0.1, -0.05) is 25.1 Å². The lowest BCUT2D eigenvalue weighted by molar-refractivity contribution is -0.143. The first-order chi connectivity index (χ1) is 11.1. The van der Waals surface area contributed by atoms with Gasteiger partial charge in [0.2, 0.25) is 0 Å². The first kappa shape index (κ1) is 14.8. The molecule has 2 atom stereocenters. The van der Waals surface area contributed by atoms with Crippen molar-refractivity contribution in [2.24, 2.45) is 5.41 Å². The average molecular weight is 312 g/mol. The van der Waals surface area contributed by atoms with E-state index in [9.17, 15) is 9.90 Å². The monoisotopic (exact) mass is 312 g/mol. The number of carbonyl (C=O) groups is 1. The van der Waals surface area contributed by atoms with Gasteiger partial charge in [-0.15, -0.1) is 0 Å². The fourth-order valence-electron chi connectivity index (χ4n) is 4.98. The summed E-state index contributed by atoms with van der Waals surface area (Å²) >= 11 is 0. The largest absolute Gasteiger partial charge is 0.481 e. The zero-order chi connectivity index (χ0) is 16.0. The summed E-state index contributed by atoms with van der Waals surface area (Å²) in [5, 5.41) is 10.8. The predicted octanol–water partition coefficient (Wildman–Crippen LogP) is 3.73. The molecule has 1 aromatic heterocycles. The SMILES string of the molecule is CC[C@]1(CC(=O)O)CCCN2CCc3c([nH]c4ccccc34)C21. The lowest BCUT2D eigenvalue weighted by atomic mass is 9.66. The summed E-state index contributed by atoms with van der Waals surface area (Å²) in [5.74, 6) is -0.670. The Kier molecular flexibility index (Phi) is 3.45. The molecule has 0 aliphatic carbocycles. The van der Waals surface area contributed by atoms with Gasteiger partial charge in [-0.2, -0.15) is 0 Å². The van der Waals surface area contributed by atoms with Crippen LogP contribution in [0, 0.1) is 5.41 Å². The van der Waals surface area contributed by atoms with Crippen LogP contribution in [0.15, 0.2) is 24.3 Å². The van der Waals surface area contributed by atoms with Gasteiger partial charge >= 0.3 is 5.97 Å². The second-order valence-corrected chi connectivity index (χ2v) is 7.14. The van der Waals surface area contributed by atoms with Crippen LogP contribution in [0.25, 0.3) is 10.9 Å². The number of aromatic amines is 1. The maximum absolute atomic E-state index is 11.6. The Bertz CT molecular complexity index is 751.